The van der Waals surface area contributed by atoms with Gasteiger partial charge in [-0.15, -0.1) is 0 Å². The molecule has 0 aliphatic rings. The molecule has 0 unspecified atom stereocenters. The minimum absolute atomic E-state index is 0.352. The first kappa shape index (κ1) is 13.0. The van der Waals surface area contributed by atoms with Crippen molar-refractivity contribution in [2.75, 3.05) is 7.05 Å². The van der Waals surface area contributed by atoms with Gasteiger partial charge in [-0.2, -0.15) is 9.61 Å². The molecule has 98 valence electrons. The van der Waals surface area contributed by atoms with E-state index in [2.05, 4.69) is 48.1 Å². The Balaban J connectivity index is 2.63. The highest BCUT2D eigenvalue weighted by molar-refractivity contribution is 5.46. The van der Waals surface area contributed by atoms with Gasteiger partial charge in [-0.1, -0.05) is 27.7 Å². The van der Waals surface area contributed by atoms with E-state index in [-0.39, 0.29) is 0 Å². The van der Waals surface area contributed by atoms with Gasteiger partial charge in [0.25, 0.3) is 0 Å². The summed E-state index contributed by atoms with van der Waals surface area (Å²) in [5, 5.41) is 7.77. The Kier molecular flexibility index (Phi) is 3.61. The number of rotatable bonds is 4. The molecular formula is C13H21N5. The molecule has 0 fully saturated rings. The smallest absolute Gasteiger partial charge is 0.177 e. The van der Waals surface area contributed by atoms with Gasteiger partial charge < -0.3 is 5.32 Å². The Morgan fingerprint density at radius 1 is 1.22 bits per heavy atom. The van der Waals surface area contributed by atoms with Gasteiger partial charge in [0.1, 0.15) is 5.82 Å². The van der Waals surface area contributed by atoms with Crippen molar-refractivity contribution >= 4 is 5.65 Å². The minimum atomic E-state index is 0.352. The fourth-order valence-corrected chi connectivity index (χ4v) is 1.89. The van der Waals surface area contributed by atoms with Crippen LogP contribution in [0.1, 0.15) is 56.7 Å². The first-order chi connectivity index (χ1) is 8.54. The normalized spacial score (nSPS) is 11.9. The predicted octanol–water partition coefficient (Wildman–Crippen LogP) is 2.09. The molecule has 0 spiro atoms. The van der Waals surface area contributed by atoms with Crippen LogP contribution >= 0.6 is 0 Å². The SMILES string of the molecule is CNCc1nc(C(C)C)c2ncc(C(C)C)nn12. The van der Waals surface area contributed by atoms with E-state index < -0.39 is 0 Å². The first-order valence-corrected chi connectivity index (χ1v) is 6.43. The Bertz CT molecular complexity index is 542. The van der Waals surface area contributed by atoms with Crippen LogP contribution in [0.15, 0.2) is 6.20 Å². The maximum atomic E-state index is 4.65. The number of fused-ring (bicyclic) bond motifs is 1. The zero-order valence-electron chi connectivity index (χ0n) is 11.7. The highest BCUT2D eigenvalue weighted by Crippen LogP contribution is 2.20. The summed E-state index contributed by atoms with van der Waals surface area (Å²) < 4.78 is 1.88. The summed E-state index contributed by atoms with van der Waals surface area (Å²) in [5.74, 6) is 1.64. The third-order valence-electron chi connectivity index (χ3n) is 2.93. The molecule has 0 aromatic carbocycles. The Hall–Kier alpha value is -1.49. The summed E-state index contributed by atoms with van der Waals surface area (Å²) in [6, 6.07) is 0. The number of imidazole rings is 1. The Morgan fingerprint density at radius 2 is 1.94 bits per heavy atom. The monoisotopic (exact) mass is 247 g/mol. The van der Waals surface area contributed by atoms with Crippen molar-refractivity contribution in [1.29, 1.82) is 0 Å². The molecule has 5 heteroatoms. The largest absolute Gasteiger partial charge is 0.313 e. The second kappa shape index (κ2) is 5.02. The van der Waals surface area contributed by atoms with Crippen LogP contribution in [-0.4, -0.2) is 26.6 Å². The summed E-state index contributed by atoms with van der Waals surface area (Å²) in [7, 11) is 1.91. The van der Waals surface area contributed by atoms with E-state index in [1.54, 1.807) is 0 Å². The van der Waals surface area contributed by atoms with Crippen molar-refractivity contribution in [3.8, 4) is 0 Å². The number of nitrogens with zero attached hydrogens (tertiary/aromatic N) is 4. The quantitative estimate of drug-likeness (QED) is 0.899. The molecule has 18 heavy (non-hydrogen) atoms. The lowest BCUT2D eigenvalue weighted by Gasteiger charge is -2.06. The van der Waals surface area contributed by atoms with E-state index in [9.17, 15) is 0 Å². The molecule has 0 radical (unpaired) electrons. The summed E-state index contributed by atoms with van der Waals surface area (Å²) >= 11 is 0. The highest BCUT2D eigenvalue weighted by atomic mass is 15.3. The van der Waals surface area contributed by atoms with Gasteiger partial charge in [0.2, 0.25) is 0 Å². The predicted molar refractivity (Wildman–Crippen MR) is 71.7 cm³/mol. The lowest BCUT2D eigenvalue weighted by Crippen LogP contribution is -2.11. The molecule has 0 saturated carbocycles. The van der Waals surface area contributed by atoms with Gasteiger partial charge in [0.15, 0.2) is 5.65 Å². The average Bonchev–Trinajstić information content (AvgIpc) is 2.68. The van der Waals surface area contributed by atoms with Crippen LogP contribution < -0.4 is 5.32 Å². The third-order valence-corrected chi connectivity index (χ3v) is 2.93. The van der Waals surface area contributed by atoms with Crippen molar-refractivity contribution in [2.24, 2.45) is 0 Å². The van der Waals surface area contributed by atoms with E-state index in [1.165, 1.54) is 0 Å². The fraction of sp³-hybridized carbons (Fsp3) is 0.615. The highest BCUT2D eigenvalue weighted by Gasteiger charge is 2.16. The lowest BCUT2D eigenvalue weighted by atomic mass is 10.1. The van der Waals surface area contributed by atoms with Gasteiger partial charge in [-0.25, -0.2) is 9.97 Å². The molecule has 2 aromatic rings. The van der Waals surface area contributed by atoms with Crippen LogP contribution in [0.25, 0.3) is 5.65 Å². The van der Waals surface area contributed by atoms with Gasteiger partial charge in [-0.05, 0) is 18.9 Å². The molecule has 5 nitrogen and oxygen atoms in total. The zero-order valence-corrected chi connectivity index (χ0v) is 11.7. The number of hydrogen-bond donors (Lipinski definition) is 1. The lowest BCUT2D eigenvalue weighted by molar-refractivity contribution is 0.685. The third kappa shape index (κ3) is 2.22. The summed E-state index contributed by atoms with van der Waals surface area (Å²) in [6.45, 7) is 9.19. The van der Waals surface area contributed by atoms with Gasteiger partial charge in [0.05, 0.1) is 24.1 Å². The van der Waals surface area contributed by atoms with Crippen molar-refractivity contribution in [1.82, 2.24) is 24.9 Å². The van der Waals surface area contributed by atoms with Gasteiger partial charge in [0, 0.05) is 0 Å². The number of aromatic nitrogens is 4. The average molecular weight is 247 g/mol. The van der Waals surface area contributed by atoms with Crippen molar-refractivity contribution in [3.63, 3.8) is 0 Å². The summed E-state index contributed by atoms with van der Waals surface area (Å²) in [5.41, 5.74) is 2.88. The molecule has 2 heterocycles. The first-order valence-electron chi connectivity index (χ1n) is 6.43. The molecule has 2 aromatic heterocycles. The molecule has 0 saturated heterocycles. The van der Waals surface area contributed by atoms with E-state index in [0.717, 1.165) is 22.9 Å². The maximum absolute atomic E-state index is 4.65. The van der Waals surface area contributed by atoms with Gasteiger partial charge in [-0.3, -0.25) is 0 Å². The van der Waals surface area contributed by atoms with E-state index in [0.29, 0.717) is 18.4 Å². The topological polar surface area (TPSA) is 55.1 Å². The molecule has 0 aliphatic heterocycles. The van der Waals surface area contributed by atoms with Crippen molar-refractivity contribution < 1.29 is 0 Å². The van der Waals surface area contributed by atoms with Crippen LogP contribution in [0.2, 0.25) is 0 Å². The Morgan fingerprint density at radius 3 is 2.50 bits per heavy atom. The summed E-state index contributed by atoms with van der Waals surface area (Å²) in [6.07, 6.45) is 1.86. The zero-order chi connectivity index (χ0) is 13.3. The van der Waals surface area contributed by atoms with E-state index >= 15 is 0 Å². The van der Waals surface area contributed by atoms with Crippen molar-refractivity contribution in [2.45, 2.75) is 46.1 Å². The minimum Gasteiger partial charge on any atom is -0.313 e. The van der Waals surface area contributed by atoms with E-state index in [1.807, 2.05) is 17.8 Å². The number of nitrogens with one attached hydrogen (secondary N) is 1. The molecule has 0 amide bonds. The standard InChI is InChI=1S/C13H21N5/c1-8(2)10-6-15-13-12(9(3)4)16-11(7-14-5)18(13)17-10/h6,8-9,14H,7H2,1-5H3. The molecule has 0 bridgehead atoms. The van der Waals surface area contributed by atoms with Crippen molar-refractivity contribution in [3.05, 3.63) is 23.4 Å². The van der Waals surface area contributed by atoms with Gasteiger partial charge >= 0.3 is 0 Å². The number of hydrogen-bond acceptors (Lipinski definition) is 4. The second-order valence-electron chi connectivity index (χ2n) is 5.17. The summed E-state index contributed by atoms with van der Waals surface area (Å²) in [4.78, 5) is 9.19. The van der Waals surface area contributed by atoms with Crippen LogP contribution in [-0.2, 0) is 6.54 Å². The molecule has 0 atom stereocenters. The Labute approximate surface area is 108 Å². The molecular weight excluding hydrogens is 226 g/mol. The van der Waals surface area contributed by atoms with Crippen LogP contribution in [0.5, 0.6) is 0 Å². The molecule has 1 N–H and O–H groups in total. The second-order valence-corrected chi connectivity index (χ2v) is 5.17. The fourth-order valence-electron chi connectivity index (χ4n) is 1.89. The molecule has 0 aliphatic carbocycles. The van der Waals surface area contributed by atoms with Crippen LogP contribution in [0, 0.1) is 0 Å². The van der Waals surface area contributed by atoms with Crippen LogP contribution in [0.4, 0.5) is 0 Å². The maximum Gasteiger partial charge on any atom is 0.177 e. The molecule has 2 rings (SSSR count). The van der Waals surface area contributed by atoms with Crippen LogP contribution in [0.3, 0.4) is 0 Å². The van der Waals surface area contributed by atoms with E-state index in [4.69, 9.17) is 0 Å².